The van der Waals surface area contributed by atoms with Crippen LogP contribution in [0.15, 0.2) is 0 Å². The Labute approximate surface area is 113 Å². The van der Waals surface area contributed by atoms with Gasteiger partial charge in [0.15, 0.2) is 0 Å². The van der Waals surface area contributed by atoms with Crippen LogP contribution in [0.4, 0.5) is 0 Å². The first-order chi connectivity index (χ1) is 8.85. The third-order valence-corrected chi connectivity index (χ3v) is 5.97. The maximum absolute atomic E-state index is 4.05. The van der Waals surface area contributed by atoms with Gasteiger partial charge < -0.3 is 5.32 Å². The van der Waals surface area contributed by atoms with E-state index in [0.717, 1.165) is 29.8 Å². The molecule has 0 aromatic heterocycles. The van der Waals surface area contributed by atoms with Gasteiger partial charge in [-0.2, -0.15) is 0 Å². The van der Waals surface area contributed by atoms with E-state index in [4.69, 9.17) is 0 Å². The third kappa shape index (κ3) is 2.92. The average molecular weight is 249 g/mol. The summed E-state index contributed by atoms with van der Waals surface area (Å²) in [6.45, 7) is 2.34. The molecule has 3 aliphatic rings. The Bertz CT molecular complexity index is 262. The molecule has 2 bridgehead atoms. The Hall–Kier alpha value is -0.0400. The molecule has 0 saturated heterocycles. The summed E-state index contributed by atoms with van der Waals surface area (Å²) in [5.41, 5.74) is 0. The van der Waals surface area contributed by atoms with Gasteiger partial charge in [0.2, 0.25) is 0 Å². The zero-order valence-corrected chi connectivity index (χ0v) is 12.2. The molecule has 0 heterocycles. The van der Waals surface area contributed by atoms with Crippen molar-refractivity contribution in [3.8, 4) is 0 Å². The lowest BCUT2D eigenvalue weighted by molar-refractivity contribution is 0.301. The van der Waals surface area contributed by atoms with Crippen molar-refractivity contribution in [3.05, 3.63) is 0 Å². The molecule has 0 aromatic carbocycles. The largest absolute Gasteiger partial charge is 0.311 e. The highest BCUT2D eigenvalue weighted by Gasteiger charge is 2.40. The summed E-state index contributed by atoms with van der Waals surface area (Å²) in [5, 5.41) is 4.05. The SMILES string of the molecule is CCCC1CCCC(NC2CC3CCC2C3)CC1. The van der Waals surface area contributed by atoms with Gasteiger partial charge in [-0.3, -0.25) is 0 Å². The van der Waals surface area contributed by atoms with Gasteiger partial charge in [-0.05, 0) is 56.3 Å². The van der Waals surface area contributed by atoms with Crippen LogP contribution < -0.4 is 5.32 Å². The first kappa shape index (κ1) is 13.0. The Morgan fingerprint density at radius 3 is 2.61 bits per heavy atom. The fourth-order valence-electron chi connectivity index (χ4n) is 4.99. The molecular formula is C17H31N. The van der Waals surface area contributed by atoms with Gasteiger partial charge in [0.25, 0.3) is 0 Å². The van der Waals surface area contributed by atoms with Crippen LogP contribution in [0.5, 0.6) is 0 Å². The van der Waals surface area contributed by atoms with Crippen LogP contribution in [0.1, 0.15) is 77.6 Å². The lowest BCUT2D eigenvalue weighted by Gasteiger charge is -2.28. The van der Waals surface area contributed by atoms with Gasteiger partial charge in [0.1, 0.15) is 0 Å². The molecule has 3 aliphatic carbocycles. The number of fused-ring (bicyclic) bond motifs is 2. The standard InChI is InChI=1S/C17H31N/c1-2-4-13-5-3-6-16(10-8-13)18-17-12-14-7-9-15(17)11-14/h13-18H,2-12H2,1H3. The average Bonchev–Trinajstić information content (AvgIpc) is 2.91. The monoisotopic (exact) mass is 249 g/mol. The predicted molar refractivity (Wildman–Crippen MR) is 77.6 cm³/mol. The Balaban J connectivity index is 1.45. The maximum Gasteiger partial charge on any atom is 0.0101 e. The summed E-state index contributed by atoms with van der Waals surface area (Å²) in [7, 11) is 0. The van der Waals surface area contributed by atoms with Gasteiger partial charge in [0, 0.05) is 12.1 Å². The predicted octanol–water partition coefficient (Wildman–Crippen LogP) is 4.51. The summed E-state index contributed by atoms with van der Waals surface area (Å²) in [4.78, 5) is 0. The second-order valence-corrected chi connectivity index (χ2v) is 7.31. The molecule has 0 aromatic rings. The molecule has 5 unspecified atom stereocenters. The van der Waals surface area contributed by atoms with E-state index in [1.165, 1.54) is 64.2 Å². The number of hydrogen-bond acceptors (Lipinski definition) is 1. The van der Waals surface area contributed by atoms with Crippen molar-refractivity contribution in [2.24, 2.45) is 17.8 Å². The first-order valence-corrected chi connectivity index (χ1v) is 8.61. The number of hydrogen-bond donors (Lipinski definition) is 1. The van der Waals surface area contributed by atoms with Gasteiger partial charge in [-0.1, -0.05) is 39.0 Å². The summed E-state index contributed by atoms with van der Waals surface area (Å²) in [5.74, 6) is 3.18. The third-order valence-electron chi connectivity index (χ3n) is 5.97. The second kappa shape index (κ2) is 5.94. The normalized spacial score (nSPS) is 44.2. The first-order valence-electron chi connectivity index (χ1n) is 8.61. The fourth-order valence-corrected chi connectivity index (χ4v) is 4.99. The highest BCUT2D eigenvalue weighted by molar-refractivity contribution is 4.95. The summed E-state index contributed by atoms with van der Waals surface area (Å²) >= 11 is 0. The lowest BCUT2D eigenvalue weighted by Crippen LogP contribution is -2.41. The minimum absolute atomic E-state index is 0.858. The Kier molecular flexibility index (Phi) is 4.28. The minimum Gasteiger partial charge on any atom is -0.311 e. The van der Waals surface area contributed by atoms with E-state index >= 15 is 0 Å². The molecule has 1 nitrogen and oxygen atoms in total. The molecule has 0 radical (unpaired) electrons. The van der Waals surface area contributed by atoms with E-state index in [1.54, 1.807) is 6.42 Å². The van der Waals surface area contributed by atoms with Crippen molar-refractivity contribution in [1.82, 2.24) is 5.32 Å². The van der Waals surface area contributed by atoms with Crippen molar-refractivity contribution < 1.29 is 0 Å². The zero-order chi connectivity index (χ0) is 12.4. The second-order valence-electron chi connectivity index (χ2n) is 7.31. The van der Waals surface area contributed by atoms with Gasteiger partial charge in [-0.25, -0.2) is 0 Å². The molecule has 104 valence electrons. The maximum atomic E-state index is 4.05. The molecular weight excluding hydrogens is 218 g/mol. The van der Waals surface area contributed by atoms with Gasteiger partial charge in [0.05, 0.1) is 0 Å². The summed E-state index contributed by atoms with van der Waals surface area (Å²) < 4.78 is 0. The molecule has 18 heavy (non-hydrogen) atoms. The molecule has 5 atom stereocenters. The number of rotatable bonds is 4. The lowest BCUT2D eigenvalue weighted by atomic mass is 9.93. The van der Waals surface area contributed by atoms with E-state index in [9.17, 15) is 0 Å². The van der Waals surface area contributed by atoms with Gasteiger partial charge in [-0.15, -0.1) is 0 Å². The molecule has 3 fully saturated rings. The molecule has 0 amide bonds. The van der Waals surface area contributed by atoms with Crippen LogP contribution in [0, 0.1) is 17.8 Å². The van der Waals surface area contributed by atoms with Crippen molar-refractivity contribution in [2.45, 2.75) is 89.6 Å². The van der Waals surface area contributed by atoms with Crippen LogP contribution in [0.25, 0.3) is 0 Å². The van der Waals surface area contributed by atoms with E-state index in [-0.39, 0.29) is 0 Å². The van der Waals surface area contributed by atoms with E-state index in [0.29, 0.717) is 0 Å². The van der Waals surface area contributed by atoms with Crippen molar-refractivity contribution in [1.29, 1.82) is 0 Å². The van der Waals surface area contributed by atoms with Crippen LogP contribution in [0.2, 0.25) is 0 Å². The molecule has 1 heteroatoms. The Morgan fingerprint density at radius 1 is 0.944 bits per heavy atom. The van der Waals surface area contributed by atoms with E-state index < -0.39 is 0 Å². The fraction of sp³-hybridized carbons (Fsp3) is 1.00. The highest BCUT2D eigenvalue weighted by atomic mass is 15.0. The van der Waals surface area contributed by atoms with Crippen molar-refractivity contribution in [2.75, 3.05) is 0 Å². The molecule has 3 saturated carbocycles. The topological polar surface area (TPSA) is 12.0 Å². The highest BCUT2D eigenvalue weighted by Crippen LogP contribution is 2.45. The molecule has 1 N–H and O–H groups in total. The van der Waals surface area contributed by atoms with Crippen LogP contribution in [-0.2, 0) is 0 Å². The van der Waals surface area contributed by atoms with Gasteiger partial charge >= 0.3 is 0 Å². The van der Waals surface area contributed by atoms with Crippen molar-refractivity contribution in [3.63, 3.8) is 0 Å². The van der Waals surface area contributed by atoms with Crippen LogP contribution in [-0.4, -0.2) is 12.1 Å². The minimum atomic E-state index is 0.858. The molecule has 3 rings (SSSR count). The van der Waals surface area contributed by atoms with E-state index in [1.807, 2.05) is 0 Å². The van der Waals surface area contributed by atoms with Crippen molar-refractivity contribution >= 4 is 0 Å². The smallest absolute Gasteiger partial charge is 0.0101 e. The molecule has 0 spiro atoms. The summed E-state index contributed by atoms with van der Waals surface area (Å²) in [6, 6.07) is 1.76. The number of nitrogens with one attached hydrogen (secondary N) is 1. The zero-order valence-electron chi connectivity index (χ0n) is 12.2. The quantitative estimate of drug-likeness (QED) is 0.723. The van der Waals surface area contributed by atoms with E-state index in [2.05, 4.69) is 12.2 Å². The van der Waals surface area contributed by atoms with Crippen LogP contribution >= 0.6 is 0 Å². The summed E-state index contributed by atoms with van der Waals surface area (Å²) in [6.07, 6.45) is 16.3. The Morgan fingerprint density at radius 2 is 1.89 bits per heavy atom. The molecule has 0 aliphatic heterocycles. The van der Waals surface area contributed by atoms with Crippen LogP contribution in [0.3, 0.4) is 0 Å².